The number of pyridine rings is 1. The summed E-state index contributed by atoms with van der Waals surface area (Å²) in [5, 5.41) is 17.1. The molecule has 1 amide bonds. The van der Waals surface area contributed by atoms with Gasteiger partial charge < -0.3 is 14.3 Å². The molecule has 1 fully saturated rings. The number of fused-ring (bicyclic) bond motifs is 1. The average Bonchev–Trinajstić information content (AvgIpc) is 3.32. The summed E-state index contributed by atoms with van der Waals surface area (Å²) in [6.45, 7) is 4.50. The Bertz CT molecular complexity index is 1190. The topological polar surface area (TPSA) is 106 Å². The van der Waals surface area contributed by atoms with Gasteiger partial charge in [-0.1, -0.05) is 5.16 Å². The maximum absolute atomic E-state index is 12.7. The van der Waals surface area contributed by atoms with Gasteiger partial charge in [0.05, 0.1) is 0 Å². The third kappa shape index (κ3) is 3.36. The molecule has 4 aromatic rings. The van der Waals surface area contributed by atoms with E-state index in [1.165, 1.54) is 0 Å². The van der Waals surface area contributed by atoms with E-state index in [0.717, 1.165) is 24.3 Å². The van der Waals surface area contributed by atoms with Crippen LogP contribution in [0.4, 0.5) is 5.82 Å². The molecule has 0 spiro atoms. The van der Waals surface area contributed by atoms with Crippen LogP contribution in [0.3, 0.4) is 0 Å². The van der Waals surface area contributed by atoms with Gasteiger partial charge in [-0.3, -0.25) is 9.78 Å². The lowest BCUT2D eigenvalue weighted by Crippen LogP contribution is -2.35. The van der Waals surface area contributed by atoms with E-state index in [4.69, 9.17) is 9.62 Å². The van der Waals surface area contributed by atoms with Crippen molar-refractivity contribution in [1.29, 1.82) is 0 Å². The number of aryl methyl sites for hydroxylation is 1. The fraction of sp³-hybridized carbons (Fsp3) is 0.300. The number of rotatable bonds is 3. The van der Waals surface area contributed by atoms with E-state index < -0.39 is 0 Å². The summed E-state index contributed by atoms with van der Waals surface area (Å²) in [7, 11) is 0. The highest BCUT2D eigenvalue weighted by Crippen LogP contribution is 2.20. The van der Waals surface area contributed by atoms with Gasteiger partial charge in [0, 0.05) is 50.2 Å². The fourth-order valence-corrected chi connectivity index (χ4v) is 3.60. The number of hydrogen-bond acceptors (Lipinski definition) is 8. The van der Waals surface area contributed by atoms with E-state index >= 15 is 0 Å². The van der Waals surface area contributed by atoms with E-state index in [2.05, 4.69) is 25.2 Å². The molecule has 1 saturated heterocycles. The zero-order chi connectivity index (χ0) is 20.5. The second kappa shape index (κ2) is 7.54. The van der Waals surface area contributed by atoms with E-state index in [1.807, 2.05) is 29.2 Å². The van der Waals surface area contributed by atoms with Crippen molar-refractivity contribution in [1.82, 2.24) is 34.9 Å². The van der Waals surface area contributed by atoms with Crippen molar-refractivity contribution < 1.29 is 9.32 Å². The van der Waals surface area contributed by atoms with Crippen LogP contribution in [0.2, 0.25) is 0 Å². The Balaban J connectivity index is 1.37. The van der Waals surface area contributed by atoms with Crippen LogP contribution in [-0.4, -0.2) is 66.9 Å². The number of carbonyl (C=O) groups is 1. The van der Waals surface area contributed by atoms with Gasteiger partial charge in [-0.05, 0) is 37.6 Å². The molecule has 0 bridgehead atoms. The van der Waals surface area contributed by atoms with Crippen LogP contribution in [-0.2, 0) is 0 Å². The summed E-state index contributed by atoms with van der Waals surface area (Å²) in [6.07, 6.45) is 4.29. The average molecular weight is 404 g/mol. The molecule has 10 heteroatoms. The Morgan fingerprint density at radius 1 is 1.10 bits per heavy atom. The minimum Gasteiger partial charge on any atom is -0.361 e. The lowest BCUT2D eigenvalue weighted by Gasteiger charge is -2.22. The molecule has 4 aromatic heterocycles. The van der Waals surface area contributed by atoms with Crippen molar-refractivity contribution >= 4 is 17.4 Å². The van der Waals surface area contributed by atoms with Crippen molar-refractivity contribution in [2.75, 3.05) is 31.1 Å². The standard InChI is InChI=1S/C20H20N8O2/c1-14-12-16(25-30-14)20(29)27-9-3-8-26(10-11-27)18-6-5-17-22-23-19(28(17)24-18)15-4-2-7-21-13-15/h2,4-7,12-13H,3,8-11H2,1H3. The number of carbonyl (C=O) groups excluding carboxylic acids is 1. The minimum atomic E-state index is -0.102. The first-order chi connectivity index (χ1) is 14.7. The van der Waals surface area contributed by atoms with Crippen molar-refractivity contribution in [3.63, 3.8) is 0 Å². The number of hydrogen-bond donors (Lipinski definition) is 0. The summed E-state index contributed by atoms with van der Waals surface area (Å²) >= 11 is 0. The second-order valence-corrected chi connectivity index (χ2v) is 7.18. The molecular formula is C20H20N8O2. The molecule has 0 aliphatic carbocycles. The highest BCUT2D eigenvalue weighted by Gasteiger charge is 2.23. The molecule has 1 aliphatic heterocycles. The number of aromatic nitrogens is 6. The molecule has 0 unspecified atom stereocenters. The molecule has 5 heterocycles. The first-order valence-electron chi connectivity index (χ1n) is 9.79. The smallest absolute Gasteiger partial charge is 0.276 e. The van der Waals surface area contributed by atoms with Gasteiger partial charge in [-0.15, -0.1) is 15.3 Å². The van der Waals surface area contributed by atoms with Crippen LogP contribution in [0, 0.1) is 6.92 Å². The van der Waals surface area contributed by atoms with E-state index in [1.54, 1.807) is 29.9 Å². The van der Waals surface area contributed by atoms with Crippen molar-refractivity contribution in [2.45, 2.75) is 13.3 Å². The van der Waals surface area contributed by atoms with E-state index in [9.17, 15) is 4.79 Å². The third-order valence-electron chi connectivity index (χ3n) is 5.12. The maximum Gasteiger partial charge on any atom is 0.276 e. The Hall–Kier alpha value is -3.82. The van der Waals surface area contributed by atoms with Crippen molar-refractivity contribution in [3.8, 4) is 11.4 Å². The minimum absolute atomic E-state index is 0.102. The molecule has 1 aliphatic rings. The lowest BCUT2D eigenvalue weighted by molar-refractivity contribution is 0.0756. The van der Waals surface area contributed by atoms with Crippen LogP contribution >= 0.6 is 0 Å². The first-order valence-corrected chi connectivity index (χ1v) is 9.79. The molecule has 0 radical (unpaired) electrons. The molecule has 0 atom stereocenters. The largest absolute Gasteiger partial charge is 0.361 e. The predicted octanol–water partition coefficient (Wildman–Crippen LogP) is 1.84. The van der Waals surface area contributed by atoms with E-state index in [0.29, 0.717) is 42.6 Å². The maximum atomic E-state index is 12.7. The summed E-state index contributed by atoms with van der Waals surface area (Å²) in [5.41, 5.74) is 1.88. The van der Waals surface area contributed by atoms with Crippen LogP contribution in [0.15, 0.2) is 47.2 Å². The van der Waals surface area contributed by atoms with Crippen LogP contribution in [0.1, 0.15) is 22.7 Å². The number of nitrogens with zero attached hydrogens (tertiary/aromatic N) is 8. The summed E-state index contributed by atoms with van der Waals surface area (Å²) < 4.78 is 6.78. The summed E-state index contributed by atoms with van der Waals surface area (Å²) in [5.74, 6) is 1.99. The van der Waals surface area contributed by atoms with Crippen LogP contribution in [0.5, 0.6) is 0 Å². The highest BCUT2D eigenvalue weighted by molar-refractivity contribution is 5.92. The second-order valence-electron chi connectivity index (χ2n) is 7.18. The zero-order valence-electron chi connectivity index (χ0n) is 16.5. The Morgan fingerprint density at radius 2 is 2.03 bits per heavy atom. The number of anilines is 1. The number of amides is 1. The normalized spacial score (nSPS) is 14.8. The molecule has 0 saturated carbocycles. The molecule has 152 valence electrons. The fourth-order valence-electron chi connectivity index (χ4n) is 3.60. The molecule has 5 rings (SSSR count). The summed E-state index contributed by atoms with van der Waals surface area (Å²) in [4.78, 5) is 20.8. The van der Waals surface area contributed by atoms with Crippen LogP contribution in [0.25, 0.3) is 17.0 Å². The summed E-state index contributed by atoms with van der Waals surface area (Å²) in [6, 6.07) is 9.30. The van der Waals surface area contributed by atoms with E-state index in [-0.39, 0.29) is 5.91 Å². The Kier molecular flexibility index (Phi) is 4.58. The molecular weight excluding hydrogens is 384 g/mol. The van der Waals surface area contributed by atoms with Gasteiger partial charge in [-0.25, -0.2) is 0 Å². The molecule has 30 heavy (non-hydrogen) atoms. The third-order valence-corrected chi connectivity index (χ3v) is 5.12. The van der Waals surface area contributed by atoms with Gasteiger partial charge in [0.25, 0.3) is 5.91 Å². The van der Waals surface area contributed by atoms with Gasteiger partial charge >= 0.3 is 0 Å². The molecule has 0 N–H and O–H groups in total. The van der Waals surface area contributed by atoms with Gasteiger partial charge in [0.2, 0.25) is 0 Å². The highest BCUT2D eigenvalue weighted by atomic mass is 16.5. The monoisotopic (exact) mass is 404 g/mol. The Labute approximate surface area is 172 Å². The molecule has 10 nitrogen and oxygen atoms in total. The van der Waals surface area contributed by atoms with Crippen molar-refractivity contribution in [2.24, 2.45) is 0 Å². The van der Waals surface area contributed by atoms with Gasteiger partial charge in [0.15, 0.2) is 17.2 Å². The van der Waals surface area contributed by atoms with Crippen LogP contribution < -0.4 is 4.90 Å². The Morgan fingerprint density at radius 3 is 2.83 bits per heavy atom. The zero-order valence-corrected chi connectivity index (χ0v) is 16.5. The molecule has 0 aromatic carbocycles. The van der Waals surface area contributed by atoms with Gasteiger partial charge in [0.1, 0.15) is 11.6 Å². The SMILES string of the molecule is Cc1cc(C(=O)N2CCCN(c3ccc4nnc(-c5cccnc5)n4n3)CC2)no1. The quantitative estimate of drug-likeness (QED) is 0.509. The lowest BCUT2D eigenvalue weighted by atomic mass is 10.3. The van der Waals surface area contributed by atoms with Gasteiger partial charge in [-0.2, -0.15) is 4.52 Å². The van der Waals surface area contributed by atoms with Crippen molar-refractivity contribution in [3.05, 3.63) is 54.2 Å². The predicted molar refractivity (Wildman–Crippen MR) is 108 cm³/mol. The first kappa shape index (κ1) is 18.2.